The topological polar surface area (TPSA) is 3.01 Å². The van der Waals surface area contributed by atoms with Crippen molar-refractivity contribution in [3.8, 4) is 0 Å². The van der Waals surface area contributed by atoms with Gasteiger partial charge in [0, 0.05) is 13.1 Å². The van der Waals surface area contributed by atoms with Crippen LogP contribution in [0.3, 0.4) is 0 Å². The highest BCUT2D eigenvalue weighted by Gasteiger charge is 2.14. The normalized spacial score (nSPS) is 21.1. The SMILES string of the molecule is C=CC[SiH2]N1CC1. The summed E-state index contributed by atoms with van der Waals surface area (Å²) in [6, 6.07) is 1.29. The van der Waals surface area contributed by atoms with Crippen LogP contribution in [0.5, 0.6) is 0 Å². The first kappa shape index (κ1) is 5.06. The van der Waals surface area contributed by atoms with Crippen molar-refractivity contribution in [1.82, 2.24) is 4.57 Å². The second-order valence-electron chi connectivity index (χ2n) is 1.92. The van der Waals surface area contributed by atoms with Gasteiger partial charge in [0.25, 0.3) is 0 Å². The van der Waals surface area contributed by atoms with Crippen LogP contribution < -0.4 is 0 Å². The fourth-order valence-corrected chi connectivity index (χ4v) is 1.70. The van der Waals surface area contributed by atoms with Gasteiger partial charge in [-0.2, -0.15) is 0 Å². The number of hydrogen-bond acceptors (Lipinski definition) is 1. The monoisotopic (exact) mass is 113 g/mol. The van der Waals surface area contributed by atoms with Crippen molar-refractivity contribution in [2.45, 2.75) is 6.04 Å². The molecule has 1 fully saturated rings. The van der Waals surface area contributed by atoms with Crippen LogP contribution in [-0.4, -0.2) is 27.3 Å². The van der Waals surface area contributed by atoms with Crippen molar-refractivity contribution in [3.05, 3.63) is 12.7 Å². The molecule has 0 aromatic rings. The summed E-state index contributed by atoms with van der Waals surface area (Å²) in [6.07, 6.45) is 2.03. The summed E-state index contributed by atoms with van der Waals surface area (Å²) in [5, 5.41) is 0. The van der Waals surface area contributed by atoms with E-state index in [0.717, 1.165) is 0 Å². The van der Waals surface area contributed by atoms with Gasteiger partial charge in [-0.05, 0) is 6.04 Å². The molecule has 0 atom stereocenters. The Labute approximate surface area is 46.9 Å². The van der Waals surface area contributed by atoms with Crippen LogP contribution in [0.4, 0.5) is 0 Å². The van der Waals surface area contributed by atoms with Gasteiger partial charge in [0.2, 0.25) is 0 Å². The molecule has 0 unspecified atom stereocenters. The minimum atomic E-state index is 0.172. The Morgan fingerprint density at radius 3 is 2.86 bits per heavy atom. The standard InChI is InChI=1S/C5H11NSi/c1-2-5-7-6-3-4-6/h2H,1,3-5,7H2. The quantitative estimate of drug-likeness (QED) is 0.283. The predicted molar refractivity (Wildman–Crippen MR) is 35.1 cm³/mol. The van der Waals surface area contributed by atoms with Crippen molar-refractivity contribution >= 4 is 9.68 Å². The van der Waals surface area contributed by atoms with E-state index in [4.69, 9.17) is 0 Å². The molecule has 1 aliphatic rings. The van der Waals surface area contributed by atoms with Gasteiger partial charge >= 0.3 is 0 Å². The molecule has 1 saturated heterocycles. The zero-order chi connectivity index (χ0) is 5.11. The average Bonchev–Trinajstić information content (AvgIpc) is 2.42. The molecule has 0 spiro atoms. The smallest absolute Gasteiger partial charge is 0.0988 e. The van der Waals surface area contributed by atoms with Crippen LogP contribution >= 0.6 is 0 Å². The zero-order valence-corrected chi connectivity index (χ0v) is 5.97. The van der Waals surface area contributed by atoms with Crippen LogP contribution in [-0.2, 0) is 0 Å². The predicted octanol–water partition coefficient (Wildman–Crippen LogP) is -0.00990. The molecule has 1 rings (SSSR count). The van der Waals surface area contributed by atoms with E-state index in [1.807, 2.05) is 6.08 Å². The van der Waals surface area contributed by atoms with Crippen LogP contribution in [0.15, 0.2) is 12.7 Å². The van der Waals surface area contributed by atoms with Gasteiger partial charge in [-0.3, -0.25) is 0 Å². The first-order chi connectivity index (χ1) is 3.43. The van der Waals surface area contributed by atoms with Crippen LogP contribution in [0, 0.1) is 0 Å². The van der Waals surface area contributed by atoms with Crippen LogP contribution in [0.25, 0.3) is 0 Å². The number of allylic oxidation sites excluding steroid dienone is 1. The third-order valence-electron chi connectivity index (χ3n) is 1.19. The Morgan fingerprint density at radius 2 is 2.43 bits per heavy atom. The molecular weight excluding hydrogens is 102 g/mol. The van der Waals surface area contributed by atoms with Gasteiger partial charge in [-0.15, -0.1) is 6.58 Å². The zero-order valence-electron chi connectivity index (χ0n) is 4.56. The fourth-order valence-electron chi connectivity index (χ4n) is 0.568. The average molecular weight is 113 g/mol. The number of hydrogen-bond donors (Lipinski definition) is 0. The fraction of sp³-hybridized carbons (Fsp3) is 0.600. The van der Waals surface area contributed by atoms with Gasteiger partial charge in [0.05, 0.1) is 9.68 Å². The van der Waals surface area contributed by atoms with Crippen LogP contribution in [0.1, 0.15) is 0 Å². The molecule has 0 bridgehead atoms. The van der Waals surface area contributed by atoms with E-state index < -0.39 is 0 Å². The molecule has 1 aliphatic heterocycles. The summed E-state index contributed by atoms with van der Waals surface area (Å²) in [5.41, 5.74) is 0. The van der Waals surface area contributed by atoms with Gasteiger partial charge < -0.3 is 4.57 Å². The van der Waals surface area contributed by atoms with E-state index in [2.05, 4.69) is 11.1 Å². The van der Waals surface area contributed by atoms with E-state index >= 15 is 0 Å². The molecule has 0 radical (unpaired) electrons. The number of nitrogens with zero attached hydrogens (tertiary/aromatic N) is 1. The third-order valence-corrected chi connectivity index (χ3v) is 3.12. The van der Waals surface area contributed by atoms with E-state index in [1.165, 1.54) is 19.1 Å². The van der Waals surface area contributed by atoms with Gasteiger partial charge in [-0.1, -0.05) is 6.08 Å². The molecule has 0 aromatic carbocycles. The molecule has 1 heterocycles. The highest BCUT2D eigenvalue weighted by Crippen LogP contribution is 2.00. The van der Waals surface area contributed by atoms with E-state index in [9.17, 15) is 0 Å². The first-order valence-electron chi connectivity index (χ1n) is 2.77. The maximum absolute atomic E-state index is 3.67. The minimum absolute atomic E-state index is 0.172. The molecular formula is C5H11NSi. The molecule has 0 N–H and O–H groups in total. The molecule has 0 amide bonds. The van der Waals surface area contributed by atoms with Crippen molar-refractivity contribution in [2.75, 3.05) is 13.1 Å². The Balaban J connectivity index is 1.88. The van der Waals surface area contributed by atoms with Gasteiger partial charge in [-0.25, -0.2) is 0 Å². The molecule has 2 heteroatoms. The Kier molecular flexibility index (Phi) is 1.65. The number of rotatable bonds is 3. The summed E-state index contributed by atoms with van der Waals surface area (Å²) in [7, 11) is 0.172. The second-order valence-corrected chi connectivity index (χ2v) is 3.84. The van der Waals surface area contributed by atoms with E-state index in [0.29, 0.717) is 0 Å². The molecule has 40 valence electrons. The Bertz CT molecular complexity index is 68.5. The summed E-state index contributed by atoms with van der Waals surface area (Å²) in [5.74, 6) is 0. The molecule has 0 aromatic heterocycles. The van der Waals surface area contributed by atoms with Crippen molar-refractivity contribution in [3.63, 3.8) is 0 Å². The second kappa shape index (κ2) is 2.28. The lowest BCUT2D eigenvalue weighted by atomic mass is 10.8. The van der Waals surface area contributed by atoms with Crippen molar-refractivity contribution < 1.29 is 0 Å². The van der Waals surface area contributed by atoms with Crippen molar-refractivity contribution in [2.24, 2.45) is 0 Å². The highest BCUT2D eigenvalue weighted by atomic mass is 28.2. The largest absolute Gasteiger partial charge is 0.326 e. The third kappa shape index (κ3) is 1.90. The lowest BCUT2D eigenvalue weighted by Crippen LogP contribution is -2.00. The highest BCUT2D eigenvalue weighted by molar-refractivity contribution is 6.33. The lowest BCUT2D eigenvalue weighted by Gasteiger charge is -1.89. The van der Waals surface area contributed by atoms with Gasteiger partial charge in [0.1, 0.15) is 0 Å². The molecule has 0 saturated carbocycles. The van der Waals surface area contributed by atoms with Gasteiger partial charge in [0.15, 0.2) is 0 Å². The summed E-state index contributed by atoms with van der Waals surface area (Å²) in [6.45, 7) is 6.42. The minimum Gasteiger partial charge on any atom is -0.326 e. The van der Waals surface area contributed by atoms with E-state index in [1.54, 1.807) is 0 Å². The molecule has 1 nitrogen and oxygen atoms in total. The maximum atomic E-state index is 3.67. The Morgan fingerprint density at radius 1 is 1.71 bits per heavy atom. The molecule has 7 heavy (non-hydrogen) atoms. The molecule has 0 aliphatic carbocycles. The lowest BCUT2D eigenvalue weighted by molar-refractivity contribution is 0.897. The Hall–Kier alpha value is -0.0831. The van der Waals surface area contributed by atoms with E-state index in [-0.39, 0.29) is 9.68 Å². The van der Waals surface area contributed by atoms with Crippen LogP contribution in [0.2, 0.25) is 6.04 Å². The maximum Gasteiger partial charge on any atom is 0.0988 e. The summed E-state index contributed by atoms with van der Waals surface area (Å²) in [4.78, 5) is 0. The summed E-state index contributed by atoms with van der Waals surface area (Å²) < 4.78 is 2.53. The van der Waals surface area contributed by atoms with Crippen molar-refractivity contribution in [1.29, 1.82) is 0 Å². The first-order valence-corrected chi connectivity index (χ1v) is 4.40. The summed E-state index contributed by atoms with van der Waals surface area (Å²) >= 11 is 0.